The van der Waals surface area contributed by atoms with Gasteiger partial charge in [0.2, 0.25) is 0 Å². The van der Waals surface area contributed by atoms with E-state index in [1.54, 1.807) is 6.07 Å². The Morgan fingerprint density at radius 1 is 1.26 bits per heavy atom. The van der Waals surface area contributed by atoms with Crippen LogP contribution in [0.25, 0.3) is 16.9 Å². The number of carbonyl (C=O) groups is 1. The number of benzene rings is 1. The van der Waals surface area contributed by atoms with Crippen molar-refractivity contribution >= 4 is 5.91 Å². The lowest BCUT2D eigenvalue weighted by atomic mass is 10.1. The van der Waals surface area contributed by atoms with Crippen molar-refractivity contribution in [3.05, 3.63) is 76.1 Å². The Morgan fingerprint density at radius 2 is 2.03 bits per heavy atom. The molecule has 0 spiro atoms. The van der Waals surface area contributed by atoms with Gasteiger partial charge in [-0.3, -0.25) is 14.6 Å². The lowest BCUT2D eigenvalue weighted by Crippen LogP contribution is -2.40. The highest BCUT2D eigenvalue weighted by atomic mass is 19.3. The normalized spacial score (nSPS) is 11.7. The van der Waals surface area contributed by atoms with Gasteiger partial charge in [0.05, 0.1) is 24.1 Å². The molecule has 2 N–H and O–H groups in total. The van der Waals surface area contributed by atoms with Crippen LogP contribution in [-0.4, -0.2) is 38.4 Å². The Labute approximate surface area is 173 Å². The molecule has 0 saturated heterocycles. The number of pyridine rings is 1. The molecule has 158 valence electrons. The summed E-state index contributed by atoms with van der Waals surface area (Å²) >= 11 is 0. The molecule has 0 aliphatic rings. The molecule has 0 fully saturated rings. The Hall–Kier alpha value is -4.04. The Balaban J connectivity index is 2.17. The molecule has 0 aliphatic heterocycles. The van der Waals surface area contributed by atoms with Gasteiger partial charge in [-0.25, -0.2) is 13.2 Å². The number of aromatic nitrogens is 3. The largest absolute Gasteiger partial charge is 0.393 e. The maximum atomic E-state index is 13.7. The van der Waals surface area contributed by atoms with Crippen LogP contribution in [0.1, 0.15) is 22.5 Å². The van der Waals surface area contributed by atoms with Gasteiger partial charge in [0.25, 0.3) is 17.9 Å². The number of hydrogen-bond donors (Lipinski definition) is 2. The summed E-state index contributed by atoms with van der Waals surface area (Å²) in [5.74, 6) is -1.63. The van der Waals surface area contributed by atoms with E-state index in [1.165, 1.54) is 18.2 Å². The van der Waals surface area contributed by atoms with Gasteiger partial charge < -0.3 is 10.4 Å². The molecule has 3 aromatic rings. The van der Waals surface area contributed by atoms with Crippen molar-refractivity contribution in [2.75, 3.05) is 6.61 Å². The van der Waals surface area contributed by atoms with Gasteiger partial charge in [-0.05, 0) is 36.4 Å². The molecule has 8 nitrogen and oxygen atoms in total. The highest BCUT2D eigenvalue weighted by Crippen LogP contribution is 2.21. The molecule has 1 amide bonds. The highest BCUT2D eigenvalue weighted by Gasteiger charge is 2.20. The number of halogens is 3. The lowest BCUT2D eigenvalue weighted by molar-refractivity contribution is 0.0929. The number of aliphatic hydroxyl groups excluding tert-OH is 1. The van der Waals surface area contributed by atoms with Crippen molar-refractivity contribution < 1.29 is 23.1 Å². The second-order valence-electron chi connectivity index (χ2n) is 6.25. The molecule has 1 atom stereocenters. The molecular weight excluding hydrogens is 415 g/mol. The van der Waals surface area contributed by atoms with Crippen LogP contribution in [0, 0.1) is 17.1 Å². The van der Waals surface area contributed by atoms with Gasteiger partial charge in [-0.1, -0.05) is 6.07 Å². The molecule has 2 aromatic heterocycles. The molecule has 31 heavy (non-hydrogen) atoms. The zero-order valence-electron chi connectivity index (χ0n) is 15.7. The minimum absolute atomic E-state index is 0.0112. The zero-order chi connectivity index (χ0) is 22.5. The number of nitrogens with one attached hydrogen (secondary N) is 1. The Bertz CT molecular complexity index is 1210. The predicted molar refractivity (Wildman–Crippen MR) is 102 cm³/mol. The van der Waals surface area contributed by atoms with Crippen LogP contribution in [0.5, 0.6) is 0 Å². The number of rotatable bonds is 6. The first-order valence-corrected chi connectivity index (χ1v) is 8.80. The van der Waals surface area contributed by atoms with Crippen molar-refractivity contribution in [2.24, 2.45) is 0 Å². The van der Waals surface area contributed by atoms with Crippen molar-refractivity contribution in [3.63, 3.8) is 0 Å². The molecule has 1 aromatic carbocycles. The van der Waals surface area contributed by atoms with Crippen LogP contribution in [0.3, 0.4) is 0 Å². The van der Waals surface area contributed by atoms with Crippen LogP contribution in [-0.2, 0) is 0 Å². The van der Waals surface area contributed by atoms with E-state index in [-0.39, 0.29) is 16.9 Å². The smallest absolute Gasteiger partial charge is 0.284 e. The van der Waals surface area contributed by atoms with Gasteiger partial charge in [0.15, 0.2) is 0 Å². The van der Waals surface area contributed by atoms with Gasteiger partial charge in [-0.15, -0.1) is 0 Å². The summed E-state index contributed by atoms with van der Waals surface area (Å²) in [5, 5.41) is 24.3. The van der Waals surface area contributed by atoms with Crippen LogP contribution in [0.15, 0.2) is 53.5 Å². The highest BCUT2D eigenvalue weighted by molar-refractivity contribution is 5.95. The van der Waals surface area contributed by atoms with Crippen molar-refractivity contribution in [1.82, 2.24) is 20.1 Å². The maximum absolute atomic E-state index is 13.7. The van der Waals surface area contributed by atoms with E-state index < -0.39 is 47.6 Å². The minimum Gasteiger partial charge on any atom is -0.393 e. The van der Waals surface area contributed by atoms with E-state index >= 15 is 0 Å². The van der Waals surface area contributed by atoms with Crippen molar-refractivity contribution in [3.8, 4) is 23.0 Å². The molecule has 2 heterocycles. The topological polar surface area (TPSA) is 121 Å². The molecular formula is C20H14F3N5O3. The fourth-order valence-corrected chi connectivity index (χ4v) is 2.62. The first-order valence-electron chi connectivity index (χ1n) is 8.80. The van der Waals surface area contributed by atoms with Gasteiger partial charge in [-0.2, -0.15) is 15.0 Å². The van der Waals surface area contributed by atoms with Crippen LogP contribution >= 0.6 is 0 Å². The van der Waals surface area contributed by atoms with E-state index in [0.717, 1.165) is 35.1 Å². The molecule has 11 heteroatoms. The van der Waals surface area contributed by atoms with Gasteiger partial charge in [0.1, 0.15) is 23.1 Å². The van der Waals surface area contributed by atoms with Crippen LogP contribution in [0.4, 0.5) is 13.2 Å². The molecule has 0 unspecified atom stereocenters. The summed E-state index contributed by atoms with van der Waals surface area (Å²) in [4.78, 5) is 29.1. The number of alkyl halides is 2. The van der Waals surface area contributed by atoms with Gasteiger partial charge in [0, 0.05) is 11.8 Å². The van der Waals surface area contributed by atoms with E-state index in [9.17, 15) is 22.8 Å². The van der Waals surface area contributed by atoms with E-state index in [4.69, 9.17) is 10.4 Å². The third kappa shape index (κ3) is 4.76. The molecule has 0 saturated carbocycles. The first kappa shape index (κ1) is 21.7. The number of nitrogens with zero attached hydrogens (tertiary/aromatic N) is 4. The number of nitriles is 1. The minimum atomic E-state index is -2.79. The Morgan fingerprint density at radius 3 is 2.61 bits per heavy atom. The molecule has 0 aliphatic carbocycles. The molecule has 0 radical (unpaired) electrons. The standard InChI is InChI=1S/C20H14F3N5O3/c21-12-2-1-3-14(6-12)28-20(31)15(19(30)26-13(8-24)10-29)7-17(27-28)11-4-5-16(18(22)23)25-9-11/h1-7,9,13,18,29H,10H2,(H,26,30)/t13-/m0/s1. The lowest BCUT2D eigenvalue weighted by Gasteiger charge is -2.13. The number of carbonyl (C=O) groups excluding carboxylic acids is 1. The number of amides is 1. The summed E-state index contributed by atoms with van der Waals surface area (Å²) in [5.41, 5.74) is -1.61. The van der Waals surface area contributed by atoms with E-state index in [0.29, 0.717) is 0 Å². The zero-order valence-corrected chi connectivity index (χ0v) is 15.7. The third-order valence-electron chi connectivity index (χ3n) is 4.16. The predicted octanol–water partition coefficient (Wildman–Crippen LogP) is 1.99. The summed E-state index contributed by atoms with van der Waals surface area (Å²) in [6, 6.07) is 8.72. The van der Waals surface area contributed by atoms with Crippen LogP contribution < -0.4 is 10.9 Å². The van der Waals surface area contributed by atoms with E-state index in [2.05, 4.69) is 15.4 Å². The number of hydrogen-bond acceptors (Lipinski definition) is 6. The summed E-state index contributed by atoms with van der Waals surface area (Å²) in [7, 11) is 0. The summed E-state index contributed by atoms with van der Waals surface area (Å²) < 4.78 is 40.0. The SMILES string of the molecule is N#C[C@@H](CO)NC(=O)c1cc(-c2ccc(C(F)F)nc2)nn(-c2cccc(F)c2)c1=O. The van der Waals surface area contributed by atoms with Crippen molar-refractivity contribution in [2.45, 2.75) is 12.5 Å². The summed E-state index contributed by atoms with van der Waals surface area (Å²) in [6.07, 6.45) is -1.69. The second kappa shape index (κ2) is 9.19. The third-order valence-corrected chi connectivity index (χ3v) is 4.16. The Kier molecular flexibility index (Phi) is 6.42. The fraction of sp³-hybridized carbons (Fsp3) is 0.150. The second-order valence-corrected chi connectivity index (χ2v) is 6.25. The maximum Gasteiger partial charge on any atom is 0.284 e. The average Bonchev–Trinajstić information content (AvgIpc) is 2.77. The monoisotopic (exact) mass is 429 g/mol. The average molecular weight is 429 g/mol. The fourth-order valence-electron chi connectivity index (χ4n) is 2.62. The van der Waals surface area contributed by atoms with Crippen LogP contribution in [0.2, 0.25) is 0 Å². The summed E-state index contributed by atoms with van der Waals surface area (Å²) in [6.45, 7) is -0.683. The van der Waals surface area contributed by atoms with Crippen molar-refractivity contribution in [1.29, 1.82) is 5.26 Å². The number of aliphatic hydroxyl groups is 1. The molecule has 3 rings (SSSR count). The quantitative estimate of drug-likeness (QED) is 0.618. The first-order chi connectivity index (χ1) is 14.8. The van der Waals surface area contributed by atoms with Gasteiger partial charge >= 0.3 is 0 Å². The van der Waals surface area contributed by atoms with E-state index in [1.807, 2.05) is 0 Å². The molecule has 0 bridgehead atoms.